The lowest BCUT2D eigenvalue weighted by molar-refractivity contribution is -0.118. The SMILES string of the molecule is CCN(CC)S(=O)(=O)c1ccc(CCC(=O)N2CCOc3ccccc32)cc1. The highest BCUT2D eigenvalue weighted by atomic mass is 32.2. The Kier molecular flexibility index (Phi) is 6.36. The zero-order chi connectivity index (χ0) is 20.1. The van der Waals surface area contributed by atoms with Crippen LogP contribution in [0.2, 0.25) is 0 Å². The number of hydrogen-bond acceptors (Lipinski definition) is 4. The third-order valence-electron chi connectivity index (χ3n) is 4.92. The number of amides is 1. The molecule has 6 nitrogen and oxygen atoms in total. The van der Waals surface area contributed by atoms with Gasteiger partial charge in [-0.05, 0) is 36.2 Å². The van der Waals surface area contributed by atoms with Crippen LogP contribution in [0.5, 0.6) is 5.75 Å². The van der Waals surface area contributed by atoms with E-state index in [-0.39, 0.29) is 10.8 Å². The number of hydrogen-bond donors (Lipinski definition) is 0. The second-order valence-corrected chi connectivity index (χ2v) is 8.53. The molecular weight excluding hydrogens is 376 g/mol. The lowest BCUT2D eigenvalue weighted by atomic mass is 10.1. The number of nitrogens with zero attached hydrogens (tertiary/aromatic N) is 2. The number of carbonyl (C=O) groups excluding carboxylic acids is 1. The van der Waals surface area contributed by atoms with Crippen molar-refractivity contribution in [2.75, 3.05) is 31.1 Å². The van der Waals surface area contributed by atoms with Crippen LogP contribution in [0, 0.1) is 0 Å². The summed E-state index contributed by atoms with van der Waals surface area (Å²) >= 11 is 0. The quantitative estimate of drug-likeness (QED) is 0.714. The summed E-state index contributed by atoms with van der Waals surface area (Å²) in [5.41, 5.74) is 1.74. The summed E-state index contributed by atoms with van der Waals surface area (Å²) in [4.78, 5) is 14.7. The molecule has 0 saturated heterocycles. The van der Waals surface area contributed by atoms with Crippen LogP contribution < -0.4 is 9.64 Å². The standard InChI is InChI=1S/C21H26N2O4S/c1-3-22(4-2)28(25,26)18-12-9-17(10-13-18)11-14-21(24)23-15-16-27-20-8-6-5-7-19(20)23/h5-10,12-13H,3-4,11,14-16H2,1-2H3. The first kappa shape index (κ1) is 20.4. The Morgan fingerprint density at radius 1 is 1.07 bits per heavy atom. The van der Waals surface area contributed by atoms with Gasteiger partial charge in [0.2, 0.25) is 15.9 Å². The average Bonchev–Trinajstić information content (AvgIpc) is 2.72. The maximum atomic E-state index is 12.7. The lowest BCUT2D eigenvalue weighted by Gasteiger charge is -2.29. The molecule has 2 aromatic carbocycles. The van der Waals surface area contributed by atoms with E-state index in [1.807, 2.05) is 38.1 Å². The zero-order valence-electron chi connectivity index (χ0n) is 16.3. The minimum absolute atomic E-state index is 0.0376. The van der Waals surface area contributed by atoms with E-state index in [4.69, 9.17) is 4.74 Å². The van der Waals surface area contributed by atoms with Crippen molar-refractivity contribution in [1.82, 2.24) is 4.31 Å². The number of aryl methyl sites for hydroxylation is 1. The lowest BCUT2D eigenvalue weighted by Crippen LogP contribution is -2.38. The van der Waals surface area contributed by atoms with Gasteiger partial charge < -0.3 is 9.64 Å². The van der Waals surface area contributed by atoms with E-state index in [1.54, 1.807) is 29.2 Å². The largest absolute Gasteiger partial charge is 0.490 e. The summed E-state index contributed by atoms with van der Waals surface area (Å²) in [6.07, 6.45) is 0.917. The number of benzene rings is 2. The minimum atomic E-state index is -3.46. The van der Waals surface area contributed by atoms with Gasteiger partial charge in [-0.15, -0.1) is 0 Å². The second kappa shape index (κ2) is 8.75. The van der Waals surface area contributed by atoms with Crippen LogP contribution in [0.3, 0.4) is 0 Å². The van der Waals surface area contributed by atoms with Crippen LogP contribution in [0.1, 0.15) is 25.8 Å². The normalized spacial score (nSPS) is 13.9. The van der Waals surface area contributed by atoms with Crippen molar-refractivity contribution in [3.05, 3.63) is 54.1 Å². The second-order valence-electron chi connectivity index (χ2n) is 6.59. The molecule has 0 spiro atoms. The first-order valence-electron chi connectivity index (χ1n) is 9.58. The molecule has 3 rings (SSSR count). The number of anilines is 1. The van der Waals surface area contributed by atoms with Gasteiger partial charge >= 0.3 is 0 Å². The van der Waals surface area contributed by atoms with Gasteiger partial charge in [0.25, 0.3) is 0 Å². The van der Waals surface area contributed by atoms with Crippen LogP contribution in [0.25, 0.3) is 0 Å². The summed E-state index contributed by atoms with van der Waals surface area (Å²) in [6.45, 7) is 5.55. The highest BCUT2D eigenvalue weighted by Crippen LogP contribution is 2.31. The molecule has 0 fully saturated rings. The van der Waals surface area contributed by atoms with E-state index in [2.05, 4.69) is 0 Å². The van der Waals surface area contributed by atoms with Crippen LogP contribution in [-0.4, -0.2) is 44.9 Å². The minimum Gasteiger partial charge on any atom is -0.490 e. The molecular formula is C21H26N2O4S. The summed E-state index contributed by atoms with van der Waals surface area (Å²) in [5.74, 6) is 0.767. The molecule has 0 atom stereocenters. The van der Waals surface area contributed by atoms with Crippen molar-refractivity contribution in [3.8, 4) is 5.75 Å². The van der Waals surface area contributed by atoms with Gasteiger partial charge in [0, 0.05) is 19.5 Å². The van der Waals surface area contributed by atoms with Gasteiger partial charge in [-0.25, -0.2) is 8.42 Å². The Bertz CT molecular complexity index is 922. The maximum Gasteiger partial charge on any atom is 0.243 e. The van der Waals surface area contributed by atoms with E-state index in [0.717, 1.165) is 17.0 Å². The third kappa shape index (κ3) is 4.20. The van der Waals surface area contributed by atoms with Gasteiger partial charge in [0.05, 0.1) is 17.1 Å². The molecule has 1 aliphatic heterocycles. The van der Waals surface area contributed by atoms with Crippen molar-refractivity contribution in [2.45, 2.75) is 31.6 Å². The van der Waals surface area contributed by atoms with Crippen LogP contribution in [0.15, 0.2) is 53.4 Å². The van der Waals surface area contributed by atoms with Crippen molar-refractivity contribution in [3.63, 3.8) is 0 Å². The summed E-state index contributed by atoms with van der Waals surface area (Å²) in [6, 6.07) is 14.4. The zero-order valence-corrected chi connectivity index (χ0v) is 17.1. The van der Waals surface area contributed by atoms with Gasteiger partial charge in [0.1, 0.15) is 12.4 Å². The van der Waals surface area contributed by atoms with E-state index < -0.39 is 10.0 Å². The van der Waals surface area contributed by atoms with E-state index in [9.17, 15) is 13.2 Å². The van der Waals surface area contributed by atoms with Crippen molar-refractivity contribution < 1.29 is 17.9 Å². The molecule has 28 heavy (non-hydrogen) atoms. The van der Waals surface area contributed by atoms with Crippen LogP contribution in [0.4, 0.5) is 5.69 Å². The van der Waals surface area contributed by atoms with E-state index in [0.29, 0.717) is 39.1 Å². The summed E-state index contributed by atoms with van der Waals surface area (Å²) in [5, 5.41) is 0. The maximum absolute atomic E-state index is 12.7. The Morgan fingerprint density at radius 3 is 2.43 bits per heavy atom. The Morgan fingerprint density at radius 2 is 1.75 bits per heavy atom. The summed E-state index contributed by atoms with van der Waals surface area (Å²) in [7, 11) is -3.46. The first-order valence-corrected chi connectivity index (χ1v) is 11.0. The molecule has 0 saturated carbocycles. The predicted molar refractivity (Wildman–Crippen MR) is 109 cm³/mol. The predicted octanol–water partition coefficient (Wildman–Crippen LogP) is 3.08. The number of fused-ring (bicyclic) bond motifs is 1. The van der Waals surface area contributed by atoms with Gasteiger partial charge in [-0.3, -0.25) is 4.79 Å². The highest BCUT2D eigenvalue weighted by Gasteiger charge is 2.23. The summed E-state index contributed by atoms with van der Waals surface area (Å²) < 4.78 is 32.1. The molecule has 0 N–H and O–H groups in total. The molecule has 150 valence electrons. The molecule has 0 aromatic heterocycles. The first-order chi connectivity index (χ1) is 13.5. The Hall–Kier alpha value is -2.38. The van der Waals surface area contributed by atoms with Crippen molar-refractivity contribution in [1.29, 1.82) is 0 Å². The topological polar surface area (TPSA) is 66.9 Å². The van der Waals surface area contributed by atoms with Gasteiger partial charge in [0.15, 0.2) is 0 Å². The number of carbonyl (C=O) groups is 1. The molecule has 1 amide bonds. The number of para-hydroxylation sites is 2. The molecule has 0 radical (unpaired) electrons. The molecule has 0 aliphatic carbocycles. The number of ether oxygens (including phenoxy) is 1. The van der Waals surface area contributed by atoms with Crippen molar-refractivity contribution in [2.24, 2.45) is 0 Å². The number of rotatable bonds is 7. The van der Waals surface area contributed by atoms with Crippen molar-refractivity contribution >= 4 is 21.6 Å². The fraction of sp³-hybridized carbons (Fsp3) is 0.381. The Balaban J connectivity index is 1.65. The highest BCUT2D eigenvalue weighted by molar-refractivity contribution is 7.89. The molecule has 1 heterocycles. The van der Waals surface area contributed by atoms with Crippen LogP contribution >= 0.6 is 0 Å². The fourth-order valence-corrected chi connectivity index (χ4v) is 4.81. The molecule has 1 aliphatic rings. The molecule has 2 aromatic rings. The Labute approximate surface area is 166 Å². The molecule has 7 heteroatoms. The van der Waals surface area contributed by atoms with E-state index >= 15 is 0 Å². The monoisotopic (exact) mass is 402 g/mol. The molecule has 0 unspecified atom stereocenters. The van der Waals surface area contributed by atoms with Crippen LogP contribution in [-0.2, 0) is 21.2 Å². The smallest absolute Gasteiger partial charge is 0.243 e. The average molecular weight is 403 g/mol. The van der Waals surface area contributed by atoms with Gasteiger partial charge in [-0.2, -0.15) is 4.31 Å². The van der Waals surface area contributed by atoms with Gasteiger partial charge in [-0.1, -0.05) is 38.1 Å². The molecule has 0 bridgehead atoms. The van der Waals surface area contributed by atoms with E-state index in [1.165, 1.54) is 4.31 Å². The number of sulfonamides is 1. The third-order valence-corrected chi connectivity index (χ3v) is 6.99. The fourth-order valence-electron chi connectivity index (χ4n) is 3.36.